The van der Waals surface area contributed by atoms with Crippen LogP contribution >= 0.6 is 0 Å². The summed E-state index contributed by atoms with van der Waals surface area (Å²) in [6, 6.07) is 12.6. The number of nitrogens with zero attached hydrogens (tertiary/aromatic N) is 5. The van der Waals surface area contributed by atoms with Crippen molar-refractivity contribution in [2.45, 2.75) is 19.9 Å². The highest BCUT2D eigenvalue weighted by Gasteiger charge is 2.21. The first-order valence-corrected chi connectivity index (χ1v) is 7.77. The average molecular weight is 338 g/mol. The Bertz CT molecular complexity index is 907. The summed E-state index contributed by atoms with van der Waals surface area (Å²) in [4.78, 5) is 14.8. The Hall–Kier alpha value is -3.29. The molecule has 1 aromatic carbocycles. The Balaban J connectivity index is 2.00. The van der Waals surface area contributed by atoms with Crippen molar-refractivity contribution < 1.29 is 4.92 Å². The fourth-order valence-corrected chi connectivity index (χ4v) is 2.59. The van der Waals surface area contributed by atoms with E-state index >= 15 is 0 Å². The Morgan fingerprint density at radius 2 is 1.84 bits per heavy atom. The predicted molar refractivity (Wildman–Crippen MR) is 93.3 cm³/mol. The zero-order valence-corrected chi connectivity index (χ0v) is 14.2. The van der Waals surface area contributed by atoms with Crippen LogP contribution in [0.2, 0.25) is 0 Å². The lowest BCUT2D eigenvalue weighted by Crippen LogP contribution is -2.18. The summed E-state index contributed by atoms with van der Waals surface area (Å²) in [5.41, 5.74) is 1.35. The molecule has 2 heterocycles. The van der Waals surface area contributed by atoms with Gasteiger partial charge >= 0.3 is 0 Å². The molecule has 0 fully saturated rings. The maximum Gasteiger partial charge on any atom is 0.290 e. The van der Waals surface area contributed by atoms with Gasteiger partial charge in [-0.15, -0.1) is 10.2 Å². The fraction of sp³-hybridized carbons (Fsp3) is 0.235. The highest BCUT2D eigenvalue weighted by Crippen LogP contribution is 2.26. The van der Waals surface area contributed by atoms with E-state index in [4.69, 9.17) is 0 Å². The monoisotopic (exact) mass is 338 g/mol. The van der Waals surface area contributed by atoms with Gasteiger partial charge in [-0.1, -0.05) is 30.3 Å². The van der Waals surface area contributed by atoms with Crippen molar-refractivity contribution in [1.29, 1.82) is 0 Å². The first-order valence-electron chi connectivity index (χ1n) is 7.77. The van der Waals surface area contributed by atoms with Gasteiger partial charge in [-0.3, -0.25) is 10.1 Å². The van der Waals surface area contributed by atoms with Crippen LogP contribution in [-0.2, 0) is 7.05 Å². The highest BCUT2D eigenvalue weighted by molar-refractivity contribution is 5.47. The molecule has 0 aliphatic rings. The van der Waals surface area contributed by atoms with Crippen LogP contribution in [0.1, 0.15) is 28.9 Å². The van der Waals surface area contributed by atoms with E-state index < -0.39 is 4.92 Å². The lowest BCUT2D eigenvalue weighted by Gasteiger charge is -2.19. The van der Waals surface area contributed by atoms with Crippen LogP contribution in [0.3, 0.4) is 0 Å². The molecule has 3 aromatic rings. The number of hydrogen-bond acceptors (Lipinski definition) is 6. The number of pyridine rings is 1. The van der Waals surface area contributed by atoms with Gasteiger partial charge in [-0.25, -0.2) is 4.98 Å². The summed E-state index contributed by atoms with van der Waals surface area (Å²) in [5, 5.41) is 22.7. The molecule has 25 heavy (non-hydrogen) atoms. The van der Waals surface area contributed by atoms with Gasteiger partial charge in [0.05, 0.1) is 4.92 Å². The molecule has 0 radical (unpaired) electrons. The van der Waals surface area contributed by atoms with Gasteiger partial charge in [-0.2, -0.15) is 0 Å². The van der Waals surface area contributed by atoms with Crippen LogP contribution in [0.25, 0.3) is 0 Å². The molecule has 8 nitrogen and oxygen atoms in total. The molecule has 0 aliphatic carbocycles. The van der Waals surface area contributed by atoms with Crippen LogP contribution in [0.4, 0.5) is 11.5 Å². The lowest BCUT2D eigenvalue weighted by atomic mass is 10.1. The Morgan fingerprint density at radius 1 is 1.12 bits per heavy atom. The van der Waals surface area contributed by atoms with Gasteiger partial charge in [-0.05, 0) is 25.5 Å². The largest absolute Gasteiger partial charge is 0.356 e. The first-order chi connectivity index (χ1) is 12.0. The molecule has 128 valence electrons. The van der Waals surface area contributed by atoms with Gasteiger partial charge in [0.25, 0.3) is 5.69 Å². The number of benzene rings is 1. The van der Waals surface area contributed by atoms with Gasteiger partial charge in [0.2, 0.25) is 0 Å². The molecule has 0 amide bonds. The van der Waals surface area contributed by atoms with Gasteiger partial charge in [0.15, 0.2) is 5.82 Å². The van der Waals surface area contributed by atoms with Crippen LogP contribution in [0.5, 0.6) is 0 Å². The van der Waals surface area contributed by atoms with Crippen molar-refractivity contribution in [2.24, 2.45) is 7.05 Å². The zero-order valence-electron chi connectivity index (χ0n) is 14.2. The Kier molecular flexibility index (Phi) is 4.42. The molecular formula is C17H18N6O2. The van der Waals surface area contributed by atoms with Gasteiger partial charge in [0, 0.05) is 13.1 Å². The van der Waals surface area contributed by atoms with E-state index in [1.807, 2.05) is 48.9 Å². The van der Waals surface area contributed by atoms with Crippen molar-refractivity contribution in [3.05, 3.63) is 75.5 Å². The number of rotatable bonds is 5. The van der Waals surface area contributed by atoms with Crippen molar-refractivity contribution in [3.8, 4) is 0 Å². The van der Waals surface area contributed by atoms with Crippen molar-refractivity contribution in [3.63, 3.8) is 0 Å². The smallest absolute Gasteiger partial charge is 0.290 e. The van der Waals surface area contributed by atoms with E-state index in [2.05, 4.69) is 20.5 Å². The zero-order chi connectivity index (χ0) is 18.0. The quantitative estimate of drug-likeness (QED) is 0.567. The minimum absolute atomic E-state index is 0.00341. The third-order valence-electron chi connectivity index (χ3n) is 4.06. The third kappa shape index (κ3) is 3.32. The summed E-state index contributed by atoms with van der Waals surface area (Å²) in [6.07, 6.45) is 0. The standard InChI is InChI=1S/C17H18N6O2/c1-11-14(23(24)25)9-10-15(18-11)19-16(13-7-5-4-6-8-13)17-21-20-12(2)22(17)3/h4-10,16H,1-3H3,(H,18,19)/t16-/m1/s1. The average Bonchev–Trinajstić information content (AvgIpc) is 2.92. The predicted octanol–water partition coefficient (Wildman–Crippen LogP) is 2.94. The molecule has 0 saturated carbocycles. The Labute approximate surface area is 144 Å². The number of aryl methyl sites for hydroxylation is 2. The molecule has 0 saturated heterocycles. The third-order valence-corrected chi connectivity index (χ3v) is 4.06. The molecule has 2 aromatic heterocycles. The van der Waals surface area contributed by atoms with Crippen molar-refractivity contribution in [1.82, 2.24) is 19.7 Å². The second-order valence-electron chi connectivity index (χ2n) is 5.71. The molecule has 3 rings (SSSR count). The fourth-order valence-electron chi connectivity index (χ4n) is 2.59. The molecule has 0 spiro atoms. The molecule has 1 N–H and O–H groups in total. The SMILES string of the molecule is Cc1nc(N[C@H](c2ccccc2)c2nnc(C)n2C)ccc1[N+](=O)[O-]. The Morgan fingerprint density at radius 3 is 2.40 bits per heavy atom. The number of hydrogen-bond donors (Lipinski definition) is 1. The van der Waals surface area contributed by atoms with Crippen molar-refractivity contribution in [2.75, 3.05) is 5.32 Å². The second-order valence-corrected chi connectivity index (χ2v) is 5.71. The normalized spacial score (nSPS) is 12.0. The second kappa shape index (κ2) is 6.68. The minimum Gasteiger partial charge on any atom is -0.356 e. The maximum atomic E-state index is 11.0. The van der Waals surface area contributed by atoms with E-state index in [-0.39, 0.29) is 11.7 Å². The summed E-state index contributed by atoms with van der Waals surface area (Å²) in [6.45, 7) is 3.50. The molecule has 8 heteroatoms. The molecular weight excluding hydrogens is 320 g/mol. The highest BCUT2D eigenvalue weighted by atomic mass is 16.6. The number of nitrogens with one attached hydrogen (secondary N) is 1. The van der Waals surface area contributed by atoms with E-state index in [1.54, 1.807) is 13.0 Å². The summed E-state index contributed by atoms with van der Waals surface area (Å²) >= 11 is 0. The van der Waals surface area contributed by atoms with Crippen LogP contribution in [0, 0.1) is 24.0 Å². The van der Waals surface area contributed by atoms with E-state index in [0.717, 1.165) is 17.2 Å². The van der Waals surface area contributed by atoms with Crippen molar-refractivity contribution >= 4 is 11.5 Å². The number of anilines is 1. The topological polar surface area (TPSA) is 98.8 Å². The maximum absolute atomic E-state index is 11.0. The first kappa shape index (κ1) is 16.6. The van der Waals surface area contributed by atoms with Gasteiger partial charge < -0.3 is 9.88 Å². The minimum atomic E-state index is -0.438. The molecule has 1 atom stereocenters. The van der Waals surface area contributed by atoms with E-state index in [1.165, 1.54) is 6.07 Å². The molecule has 0 unspecified atom stereocenters. The number of aromatic nitrogens is 4. The lowest BCUT2D eigenvalue weighted by molar-refractivity contribution is -0.385. The molecule has 0 aliphatic heterocycles. The van der Waals surface area contributed by atoms with E-state index in [9.17, 15) is 10.1 Å². The summed E-state index contributed by atoms with van der Waals surface area (Å²) in [5.74, 6) is 2.07. The summed E-state index contributed by atoms with van der Waals surface area (Å²) in [7, 11) is 1.90. The van der Waals surface area contributed by atoms with Gasteiger partial charge in [0.1, 0.15) is 23.4 Å². The van der Waals surface area contributed by atoms with Crippen LogP contribution < -0.4 is 5.32 Å². The van der Waals surface area contributed by atoms with Crippen LogP contribution in [0.15, 0.2) is 42.5 Å². The molecule has 0 bridgehead atoms. The van der Waals surface area contributed by atoms with Crippen LogP contribution in [-0.4, -0.2) is 24.7 Å². The summed E-state index contributed by atoms with van der Waals surface area (Å²) < 4.78 is 1.91. The van der Waals surface area contributed by atoms with E-state index in [0.29, 0.717) is 11.5 Å². The number of nitro groups is 1.